The quantitative estimate of drug-likeness (QED) is 0.769. The SMILES string of the molecule is COc1cccc(CC(NC(C)=O)C(=O)OCc2ccc(Cl)cc2)c1. The first kappa shape index (κ1) is 18.8. The molecule has 2 rings (SSSR count). The van der Waals surface area contributed by atoms with E-state index in [-0.39, 0.29) is 12.5 Å². The van der Waals surface area contributed by atoms with Crippen LogP contribution in [-0.2, 0) is 27.4 Å². The molecule has 0 aliphatic heterocycles. The molecule has 132 valence electrons. The monoisotopic (exact) mass is 361 g/mol. The Kier molecular flexibility index (Phi) is 6.83. The van der Waals surface area contributed by atoms with Crippen LogP contribution in [0, 0.1) is 0 Å². The van der Waals surface area contributed by atoms with Gasteiger partial charge in [-0.3, -0.25) is 4.79 Å². The molecule has 0 aliphatic rings. The second-order valence-corrected chi connectivity index (χ2v) is 5.98. The third kappa shape index (κ3) is 6.12. The van der Waals surface area contributed by atoms with Gasteiger partial charge in [0.2, 0.25) is 5.91 Å². The van der Waals surface area contributed by atoms with Crippen molar-refractivity contribution in [1.29, 1.82) is 0 Å². The number of benzene rings is 2. The molecule has 0 aromatic heterocycles. The summed E-state index contributed by atoms with van der Waals surface area (Å²) in [4.78, 5) is 23.8. The minimum absolute atomic E-state index is 0.115. The highest BCUT2D eigenvalue weighted by atomic mass is 35.5. The van der Waals surface area contributed by atoms with Crippen LogP contribution in [0.25, 0.3) is 0 Å². The fraction of sp³-hybridized carbons (Fsp3) is 0.263. The molecule has 1 N–H and O–H groups in total. The first-order valence-electron chi connectivity index (χ1n) is 7.79. The van der Waals surface area contributed by atoms with Crippen molar-refractivity contribution >= 4 is 23.5 Å². The molecule has 0 heterocycles. The van der Waals surface area contributed by atoms with Gasteiger partial charge in [0.25, 0.3) is 0 Å². The third-order valence-electron chi connectivity index (χ3n) is 3.53. The molecule has 0 bridgehead atoms. The molecule has 0 saturated carbocycles. The van der Waals surface area contributed by atoms with Crippen molar-refractivity contribution in [1.82, 2.24) is 5.32 Å². The molecule has 1 unspecified atom stereocenters. The summed E-state index contributed by atoms with van der Waals surface area (Å²) in [7, 11) is 1.57. The molecule has 1 atom stereocenters. The molecular weight excluding hydrogens is 342 g/mol. The number of esters is 1. The molecule has 0 saturated heterocycles. The lowest BCUT2D eigenvalue weighted by Gasteiger charge is -2.17. The Hall–Kier alpha value is -2.53. The number of carbonyl (C=O) groups excluding carboxylic acids is 2. The van der Waals surface area contributed by atoms with Crippen LogP contribution >= 0.6 is 11.6 Å². The van der Waals surface area contributed by atoms with E-state index in [1.54, 1.807) is 31.4 Å². The van der Waals surface area contributed by atoms with Crippen molar-refractivity contribution in [2.24, 2.45) is 0 Å². The molecule has 2 aromatic rings. The van der Waals surface area contributed by atoms with Gasteiger partial charge in [-0.05, 0) is 35.4 Å². The molecule has 1 amide bonds. The van der Waals surface area contributed by atoms with Gasteiger partial charge >= 0.3 is 5.97 Å². The van der Waals surface area contributed by atoms with Gasteiger partial charge in [0, 0.05) is 18.4 Å². The summed E-state index contributed by atoms with van der Waals surface area (Å²) in [6, 6.07) is 13.6. The average Bonchev–Trinajstić information content (AvgIpc) is 2.60. The molecule has 0 spiro atoms. The minimum Gasteiger partial charge on any atom is -0.497 e. The Morgan fingerprint density at radius 3 is 2.48 bits per heavy atom. The molecule has 0 radical (unpaired) electrons. The van der Waals surface area contributed by atoms with E-state index >= 15 is 0 Å². The van der Waals surface area contributed by atoms with Crippen LogP contribution in [0.3, 0.4) is 0 Å². The number of methoxy groups -OCH3 is 1. The van der Waals surface area contributed by atoms with Crippen LogP contribution in [0.5, 0.6) is 5.75 Å². The van der Waals surface area contributed by atoms with Crippen LogP contribution in [0.4, 0.5) is 0 Å². The van der Waals surface area contributed by atoms with Crippen LogP contribution in [0.15, 0.2) is 48.5 Å². The lowest BCUT2D eigenvalue weighted by molar-refractivity contribution is -0.149. The summed E-state index contributed by atoms with van der Waals surface area (Å²) < 4.78 is 10.5. The number of ether oxygens (including phenoxy) is 2. The first-order chi connectivity index (χ1) is 12.0. The van der Waals surface area contributed by atoms with E-state index < -0.39 is 12.0 Å². The third-order valence-corrected chi connectivity index (χ3v) is 3.78. The minimum atomic E-state index is -0.767. The topological polar surface area (TPSA) is 64.6 Å². The highest BCUT2D eigenvalue weighted by Crippen LogP contribution is 2.15. The maximum atomic E-state index is 12.4. The molecular formula is C19H20ClNO4. The predicted octanol–water partition coefficient (Wildman–Crippen LogP) is 3.14. The van der Waals surface area contributed by atoms with Crippen LogP contribution in [0.2, 0.25) is 5.02 Å². The summed E-state index contributed by atoms with van der Waals surface area (Å²) in [6.07, 6.45) is 0.316. The van der Waals surface area contributed by atoms with Crippen molar-refractivity contribution in [2.75, 3.05) is 7.11 Å². The van der Waals surface area contributed by atoms with Crippen molar-refractivity contribution < 1.29 is 19.1 Å². The molecule has 0 fully saturated rings. The van der Waals surface area contributed by atoms with E-state index in [1.165, 1.54) is 6.92 Å². The zero-order valence-electron chi connectivity index (χ0n) is 14.1. The van der Waals surface area contributed by atoms with Gasteiger partial charge in [-0.2, -0.15) is 0 Å². The number of carbonyl (C=O) groups is 2. The van der Waals surface area contributed by atoms with E-state index in [4.69, 9.17) is 21.1 Å². The highest BCUT2D eigenvalue weighted by molar-refractivity contribution is 6.30. The molecule has 2 aromatic carbocycles. The van der Waals surface area contributed by atoms with Gasteiger partial charge < -0.3 is 14.8 Å². The standard InChI is InChI=1S/C19H20ClNO4/c1-13(22)21-18(11-15-4-3-5-17(10-15)24-2)19(23)25-12-14-6-8-16(20)9-7-14/h3-10,18H,11-12H2,1-2H3,(H,21,22). The zero-order chi connectivity index (χ0) is 18.2. The molecule has 0 aliphatic carbocycles. The van der Waals surface area contributed by atoms with E-state index in [9.17, 15) is 9.59 Å². The maximum Gasteiger partial charge on any atom is 0.329 e. The zero-order valence-corrected chi connectivity index (χ0v) is 14.9. The van der Waals surface area contributed by atoms with Gasteiger partial charge in [0.1, 0.15) is 18.4 Å². The van der Waals surface area contributed by atoms with E-state index in [0.717, 1.165) is 11.1 Å². The van der Waals surface area contributed by atoms with E-state index in [1.807, 2.05) is 24.3 Å². The summed E-state index contributed by atoms with van der Waals surface area (Å²) in [5.41, 5.74) is 1.68. The average molecular weight is 362 g/mol. The predicted molar refractivity (Wildman–Crippen MR) is 95.6 cm³/mol. The van der Waals surface area contributed by atoms with Gasteiger partial charge in [-0.15, -0.1) is 0 Å². The largest absolute Gasteiger partial charge is 0.497 e. The summed E-state index contributed by atoms with van der Waals surface area (Å²) >= 11 is 5.83. The second kappa shape index (κ2) is 9.08. The van der Waals surface area contributed by atoms with Crippen molar-refractivity contribution in [3.8, 4) is 5.75 Å². The van der Waals surface area contributed by atoms with Gasteiger partial charge in [-0.25, -0.2) is 4.79 Å². The van der Waals surface area contributed by atoms with Gasteiger partial charge in [0.15, 0.2) is 0 Å². The number of hydrogen-bond donors (Lipinski definition) is 1. The van der Waals surface area contributed by atoms with E-state index in [2.05, 4.69) is 5.32 Å². The first-order valence-corrected chi connectivity index (χ1v) is 8.17. The Bertz CT molecular complexity index is 730. The molecule has 6 heteroatoms. The fourth-order valence-corrected chi connectivity index (χ4v) is 2.44. The number of amides is 1. The highest BCUT2D eigenvalue weighted by Gasteiger charge is 2.22. The van der Waals surface area contributed by atoms with Crippen molar-refractivity contribution in [2.45, 2.75) is 26.0 Å². The number of rotatable bonds is 7. The van der Waals surface area contributed by atoms with Crippen LogP contribution in [0.1, 0.15) is 18.1 Å². The van der Waals surface area contributed by atoms with Crippen molar-refractivity contribution in [3.63, 3.8) is 0 Å². The lowest BCUT2D eigenvalue weighted by Crippen LogP contribution is -2.42. The van der Waals surface area contributed by atoms with Crippen LogP contribution < -0.4 is 10.1 Å². The summed E-state index contributed by atoms with van der Waals surface area (Å²) in [5.74, 6) is -0.0992. The Morgan fingerprint density at radius 1 is 1.12 bits per heavy atom. The fourth-order valence-electron chi connectivity index (χ4n) is 2.31. The molecule has 5 nitrogen and oxygen atoms in total. The Morgan fingerprint density at radius 2 is 1.84 bits per heavy atom. The van der Waals surface area contributed by atoms with Gasteiger partial charge in [-0.1, -0.05) is 35.9 Å². The maximum absolute atomic E-state index is 12.4. The Balaban J connectivity index is 2.03. The lowest BCUT2D eigenvalue weighted by atomic mass is 10.1. The van der Waals surface area contributed by atoms with E-state index in [0.29, 0.717) is 17.2 Å². The normalized spacial score (nSPS) is 11.5. The molecule has 25 heavy (non-hydrogen) atoms. The number of halogens is 1. The van der Waals surface area contributed by atoms with Crippen LogP contribution in [-0.4, -0.2) is 25.0 Å². The summed E-state index contributed by atoms with van der Waals surface area (Å²) in [5, 5.41) is 3.25. The second-order valence-electron chi connectivity index (χ2n) is 5.54. The smallest absolute Gasteiger partial charge is 0.329 e. The van der Waals surface area contributed by atoms with Gasteiger partial charge in [0.05, 0.1) is 7.11 Å². The number of hydrogen-bond acceptors (Lipinski definition) is 4. The summed E-state index contributed by atoms with van der Waals surface area (Å²) in [6.45, 7) is 1.48. The Labute approximate surface area is 151 Å². The van der Waals surface area contributed by atoms with Crippen molar-refractivity contribution in [3.05, 3.63) is 64.7 Å². The number of nitrogens with one attached hydrogen (secondary N) is 1.